The van der Waals surface area contributed by atoms with Crippen LogP contribution < -0.4 is 0 Å². The van der Waals surface area contributed by atoms with Crippen LogP contribution in [0.4, 0.5) is 0 Å². The Morgan fingerprint density at radius 2 is 0.868 bits per heavy atom. The molecule has 1 saturated heterocycles. The predicted octanol–water partition coefficient (Wildman–Crippen LogP) is 14.2. The van der Waals surface area contributed by atoms with Crippen molar-refractivity contribution in [1.29, 1.82) is 0 Å². The molecule has 0 amide bonds. The first-order valence-corrected chi connectivity index (χ1v) is 29.6. The summed E-state index contributed by atoms with van der Waals surface area (Å²) in [5.74, 6) is -0.468. The van der Waals surface area contributed by atoms with Gasteiger partial charge in [0.05, 0.1) is 19.8 Å². The number of carbonyl (C=O) groups excluding carboxylic acids is 1. The number of allylic oxidation sites excluding steroid dienone is 26. The molecule has 0 aromatic rings. The summed E-state index contributed by atoms with van der Waals surface area (Å²) in [4.78, 5) is 12.9. The van der Waals surface area contributed by atoms with Gasteiger partial charge in [-0.15, -0.1) is 0 Å². The lowest BCUT2D eigenvalue weighted by molar-refractivity contribution is -0.301. The molecule has 1 heterocycles. The van der Waals surface area contributed by atoms with Crippen LogP contribution in [-0.2, 0) is 38.3 Å². The zero-order valence-electron chi connectivity index (χ0n) is 46.2. The van der Waals surface area contributed by atoms with Gasteiger partial charge in [-0.3, -0.25) is 9.35 Å². The van der Waals surface area contributed by atoms with Crippen LogP contribution >= 0.6 is 0 Å². The highest BCUT2D eigenvalue weighted by atomic mass is 32.3. The van der Waals surface area contributed by atoms with E-state index in [1.165, 1.54) is 19.3 Å². The smallest absolute Gasteiger partial charge is 0.397 e. The van der Waals surface area contributed by atoms with E-state index >= 15 is 0 Å². The SMILES string of the molecule is CC/C=C\C/C=C\C/C=C\C/C=C\C/C=C\C/C=C\C/C=C\CCCC(=O)OC(COCCCCCCCCC/C=C\C/C=C\C/C=C\C/C=C\C/C=C\C/C=C\CC)COC1OC(CO)C(O)C(OS(=O)(=O)O)C1O. The molecule has 4 N–H and O–H groups in total. The first kappa shape index (κ1) is 69.7. The highest BCUT2D eigenvalue weighted by molar-refractivity contribution is 7.80. The third-order valence-electron chi connectivity index (χ3n) is 11.6. The molecule has 6 atom stereocenters. The lowest BCUT2D eigenvalue weighted by Gasteiger charge is -2.41. The quantitative estimate of drug-likeness (QED) is 0.0196. The first-order chi connectivity index (χ1) is 37.1. The molecule has 1 aliphatic rings. The molecule has 13 heteroatoms. The monoisotopic (exact) mass is 1080 g/mol. The Bertz CT molecular complexity index is 1920. The van der Waals surface area contributed by atoms with Crippen molar-refractivity contribution in [2.75, 3.05) is 26.4 Å². The fourth-order valence-electron chi connectivity index (χ4n) is 7.49. The molecule has 0 saturated carbocycles. The van der Waals surface area contributed by atoms with Gasteiger partial charge in [0, 0.05) is 13.0 Å². The molecule has 0 spiro atoms. The second-order valence-electron chi connectivity index (χ2n) is 18.4. The van der Waals surface area contributed by atoms with Gasteiger partial charge in [0.2, 0.25) is 0 Å². The maximum atomic E-state index is 12.9. The average Bonchev–Trinajstić information content (AvgIpc) is 3.40. The Morgan fingerprint density at radius 3 is 1.26 bits per heavy atom. The molecule has 0 aromatic heterocycles. The van der Waals surface area contributed by atoms with Crippen molar-refractivity contribution in [1.82, 2.24) is 0 Å². The molecule has 428 valence electrons. The predicted molar refractivity (Wildman–Crippen MR) is 312 cm³/mol. The number of aliphatic hydroxyl groups is 3. The molecule has 76 heavy (non-hydrogen) atoms. The van der Waals surface area contributed by atoms with Gasteiger partial charge in [0.25, 0.3) is 0 Å². The summed E-state index contributed by atoms with van der Waals surface area (Å²) in [5.41, 5.74) is 0. The highest BCUT2D eigenvalue weighted by Gasteiger charge is 2.48. The number of ether oxygens (including phenoxy) is 4. The van der Waals surface area contributed by atoms with E-state index in [4.69, 9.17) is 18.9 Å². The van der Waals surface area contributed by atoms with Crippen molar-refractivity contribution in [3.05, 3.63) is 158 Å². The van der Waals surface area contributed by atoms with E-state index in [2.05, 4.69) is 170 Å². The Morgan fingerprint density at radius 1 is 0.500 bits per heavy atom. The summed E-state index contributed by atoms with van der Waals surface area (Å²) in [5, 5.41) is 30.8. The van der Waals surface area contributed by atoms with E-state index in [9.17, 15) is 33.1 Å². The molecule has 6 unspecified atom stereocenters. The van der Waals surface area contributed by atoms with Crippen molar-refractivity contribution < 1.29 is 56.2 Å². The molecule has 0 aliphatic carbocycles. The van der Waals surface area contributed by atoms with E-state index in [1.807, 2.05) is 6.08 Å². The van der Waals surface area contributed by atoms with E-state index in [1.54, 1.807) is 0 Å². The van der Waals surface area contributed by atoms with E-state index in [-0.39, 0.29) is 19.6 Å². The van der Waals surface area contributed by atoms with Crippen LogP contribution in [0.3, 0.4) is 0 Å². The van der Waals surface area contributed by atoms with Crippen molar-refractivity contribution in [2.24, 2.45) is 0 Å². The van der Waals surface area contributed by atoms with E-state index in [0.29, 0.717) is 19.4 Å². The number of esters is 1. The number of hydrogen-bond acceptors (Lipinski definition) is 11. The number of aliphatic hydroxyl groups excluding tert-OH is 3. The zero-order valence-corrected chi connectivity index (χ0v) is 47.1. The molecule has 1 aliphatic heterocycles. The van der Waals surface area contributed by atoms with Crippen LogP contribution in [0.25, 0.3) is 0 Å². The highest BCUT2D eigenvalue weighted by Crippen LogP contribution is 2.26. The normalized spacial score (nSPS) is 19.8. The number of unbranched alkanes of at least 4 members (excludes halogenated alkanes) is 8. The number of carbonyl (C=O) groups is 1. The van der Waals surface area contributed by atoms with Gasteiger partial charge >= 0.3 is 16.4 Å². The largest absolute Gasteiger partial charge is 0.457 e. The lowest BCUT2D eigenvalue weighted by Crippen LogP contribution is -2.60. The fraction of sp³-hybridized carbons (Fsp3) is 0.571. The third kappa shape index (κ3) is 43.8. The molecule has 1 fully saturated rings. The molecular formula is C63H98O12S. The van der Waals surface area contributed by atoms with Gasteiger partial charge in [-0.25, -0.2) is 4.18 Å². The maximum absolute atomic E-state index is 12.9. The minimum atomic E-state index is -5.09. The van der Waals surface area contributed by atoms with E-state index in [0.717, 1.165) is 116 Å². The van der Waals surface area contributed by atoms with Crippen LogP contribution in [0.15, 0.2) is 158 Å². The number of hydrogen-bond donors (Lipinski definition) is 4. The van der Waals surface area contributed by atoms with Gasteiger partial charge < -0.3 is 34.3 Å². The van der Waals surface area contributed by atoms with Crippen LogP contribution in [0.5, 0.6) is 0 Å². The molecule has 0 bridgehead atoms. The minimum Gasteiger partial charge on any atom is -0.457 e. The standard InChI is InChI=1S/C63H98O12S/c1-3-5-7-9-11-13-15-17-19-21-23-25-27-28-29-31-33-35-37-39-41-43-45-47-49-51-53-71-55-57(56-72-63-61(67)62(75-76(68,69)70)60(66)58(54-64)74-63)73-59(65)52-50-48-46-44-42-40-38-36-34-32-30-26-24-22-20-18-16-14-12-10-8-6-4-2/h5-8,11-14,17-20,23-26,28-29,32-35,38,40,44,46,57-58,60-64,66-67H,3-4,9-10,15-16,21-22,27,30-31,36-37,39,41-43,45,47-56H2,1-2H3,(H,68,69,70)/b7-5-,8-6-,13-11-,14-12-,19-17-,20-18-,25-23-,26-24-,29-28-,34-32-,35-33-,40-38-,46-44-. The first-order valence-electron chi connectivity index (χ1n) is 28.2. The van der Waals surface area contributed by atoms with Crippen LogP contribution in [-0.4, -0.2) is 97.5 Å². The molecule has 1 rings (SSSR count). The van der Waals surface area contributed by atoms with Crippen LogP contribution in [0, 0.1) is 0 Å². The molecule has 0 radical (unpaired) electrons. The van der Waals surface area contributed by atoms with Crippen molar-refractivity contribution >= 4 is 16.4 Å². The summed E-state index contributed by atoms with van der Waals surface area (Å²) in [6.07, 6.45) is 69.9. The Hall–Kier alpha value is -4.28. The second-order valence-corrected chi connectivity index (χ2v) is 19.5. The van der Waals surface area contributed by atoms with Gasteiger partial charge in [-0.05, 0) is 116 Å². The Balaban J connectivity index is 2.39. The summed E-state index contributed by atoms with van der Waals surface area (Å²) < 4.78 is 59.3. The van der Waals surface area contributed by atoms with Gasteiger partial charge in [0.1, 0.15) is 30.5 Å². The summed E-state index contributed by atoms with van der Waals surface area (Å²) in [6.45, 7) is 3.64. The van der Waals surface area contributed by atoms with Crippen molar-refractivity contribution in [3.8, 4) is 0 Å². The molecule has 12 nitrogen and oxygen atoms in total. The third-order valence-corrected chi connectivity index (χ3v) is 12.1. The zero-order chi connectivity index (χ0) is 55.3. The lowest BCUT2D eigenvalue weighted by atomic mass is 9.99. The van der Waals surface area contributed by atoms with Crippen molar-refractivity contribution in [3.63, 3.8) is 0 Å². The van der Waals surface area contributed by atoms with Gasteiger partial charge in [-0.2, -0.15) is 8.42 Å². The minimum absolute atomic E-state index is 0.00792. The Kier molecular flexibility index (Phi) is 47.2. The fourth-order valence-corrected chi connectivity index (χ4v) is 8.00. The second kappa shape index (κ2) is 51.5. The van der Waals surface area contributed by atoms with Gasteiger partial charge in [0.15, 0.2) is 6.29 Å². The average molecular weight is 1080 g/mol. The topological polar surface area (TPSA) is 178 Å². The van der Waals surface area contributed by atoms with Crippen molar-refractivity contribution in [2.45, 2.75) is 205 Å². The maximum Gasteiger partial charge on any atom is 0.397 e. The Labute approximate surface area is 459 Å². The summed E-state index contributed by atoms with van der Waals surface area (Å²) in [7, 11) is -5.09. The molecule has 0 aromatic carbocycles. The van der Waals surface area contributed by atoms with Gasteiger partial charge in [-0.1, -0.05) is 204 Å². The summed E-state index contributed by atoms with van der Waals surface area (Å²) in [6, 6.07) is 0. The van der Waals surface area contributed by atoms with Crippen LogP contribution in [0.1, 0.15) is 168 Å². The molecular weight excluding hydrogens is 981 g/mol. The van der Waals surface area contributed by atoms with Crippen LogP contribution in [0.2, 0.25) is 0 Å². The number of rotatable bonds is 47. The summed E-state index contributed by atoms with van der Waals surface area (Å²) >= 11 is 0. The van der Waals surface area contributed by atoms with E-state index < -0.39 is 59.8 Å².